The fourth-order valence-electron chi connectivity index (χ4n) is 1.66. The van der Waals surface area contributed by atoms with E-state index in [-0.39, 0.29) is 0 Å². The second kappa shape index (κ2) is 4.66. The molecule has 0 aliphatic heterocycles. The Hall–Kier alpha value is -1.35. The first-order valence-corrected chi connectivity index (χ1v) is 5.78. The van der Waals surface area contributed by atoms with Crippen LogP contribution in [0.15, 0.2) is 41.0 Å². The average Bonchev–Trinajstić information content (AvgIpc) is 2.33. The van der Waals surface area contributed by atoms with E-state index in [0.717, 1.165) is 15.6 Å². The lowest BCUT2D eigenvalue weighted by molar-refractivity contribution is 0.399. The molecule has 0 atom stereocenters. The summed E-state index contributed by atoms with van der Waals surface area (Å²) in [5.41, 5.74) is 3.34. The minimum Gasteiger partial charge on any atom is -0.481 e. The van der Waals surface area contributed by atoms with Crippen LogP contribution in [0.1, 0.15) is 5.56 Å². The lowest BCUT2D eigenvalue weighted by atomic mass is 10.0. The number of benzene rings is 1. The quantitative estimate of drug-likeness (QED) is 0.833. The Bertz CT molecular complexity index is 511. The van der Waals surface area contributed by atoms with Crippen molar-refractivity contribution in [2.45, 2.75) is 6.92 Å². The van der Waals surface area contributed by atoms with E-state index in [1.54, 1.807) is 13.3 Å². The Kier molecular flexibility index (Phi) is 3.25. The Morgan fingerprint density at radius 1 is 1.12 bits per heavy atom. The third kappa shape index (κ3) is 1.95. The van der Waals surface area contributed by atoms with Gasteiger partial charge >= 0.3 is 0 Å². The molecule has 0 unspecified atom stereocenters. The van der Waals surface area contributed by atoms with Crippen LogP contribution in [0.4, 0.5) is 0 Å². The summed E-state index contributed by atoms with van der Waals surface area (Å²) >= 11 is 3.53. The number of aromatic nitrogens is 1. The van der Waals surface area contributed by atoms with Crippen LogP contribution in [0.3, 0.4) is 0 Å². The molecule has 0 fully saturated rings. The lowest BCUT2D eigenvalue weighted by Gasteiger charge is -2.10. The number of hydrogen-bond acceptors (Lipinski definition) is 2. The molecule has 2 rings (SSSR count). The van der Waals surface area contributed by atoms with Crippen molar-refractivity contribution in [2.75, 3.05) is 7.11 Å². The molecular formula is C13H12BrNO. The normalized spacial score (nSPS) is 10.2. The van der Waals surface area contributed by atoms with Gasteiger partial charge in [0, 0.05) is 16.2 Å². The van der Waals surface area contributed by atoms with Crippen LogP contribution in [0.25, 0.3) is 11.1 Å². The number of halogens is 1. The summed E-state index contributed by atoms with van der Waals surface area (Å²) in [7, 11) is 1.64. The monoisotopic (exact) mass is 277 g/mol. The Morgan fingerprint density at radius 2 is 1.88 bits per heavy atom. The molecule has 3 heteroatoms. The van der Waals surface area contributed by atoms with Gasteiger partial charge in [-0.05, 0) is 36.2 Å². The molecule has 2 nitrogen and oxygen atoms in total. The van der Waals surface area contributed by atoms with Gasteiger partial charge in [0.2, 0.25) is 5.88 Å². The lowest BCUT2D eigenvalue weighted by Crippen LogP contribution is -1.92. The number of rotatable bonds is 2. The Labute approximate surface area is 103 Å². The molecular weight excluding hydrogens is 266 g/mol. The third-order valence-electron chi connectivity index (χ3n) is 2.52. The van der Waals surface area contributed by atoms with Gasteiger partial charge in [-0.3, -0.25) is 0 Å². The van der Waals surface area contributed by atoms with E-state index in [9.17, 15) is 0 Å². The summed E-state index contributed by atoms with van der Waals surface area (Å²) < 4.78 is 6.36. The topological polar surface area (TPSA) is 22.1 Å². The van der Waals surface area contributed by atoms with Crippen molar-refractivity contribution in [3.05, 3.63) is 46.6 Å². The molecule has 2 aromatic rings. The highest BCUT2D eigenvalue weighted by molar-refractivity contribution is 9.10. The maximum atomic E-state index is 5.27. The van der Waals surface area contributed by atoms with Crippen LogP contribution < -0.4 is 4.74 Å². The SMILES string of the molecule is COc1ncccc1-c1cccc(Br)c1C. The van der Waals surface area contributed by atoms with Crippen molar-refractivity contribution in [3.63, 3.8) is 0 Å². The van der Waals surface area contributed by atoms with Crippen LogP contribution in [0.2, 0.25) is 0 Å². The van der Waals surface area contributed by atoms with Gasteiger partial charge in [0.25, 0.3) is 0 Å². The van der Waals surface area contributed by atoms with Crippen LogP contribution in [0, 0.1) is 6.92 Å². The molecule has 1 heterocycles. The van der Waals surface area contributed by atoms with Gasteiger partial charge in [-0.25, -0.2) is 4.98 Å². The van der Waals surface area contributed by atoms with Crippen LogP contribution in [-0.4, -0.2) is 12.1 Å². The van der Waals surface area contributed by atoms with Gasteiger partial charge in [-0.15, -0.1) is 0 Å². The van der Waals surface area contributed by atoms with Crippen LogP contribution in [0.5, 0.6) is 5.88 Å². The largest absolute Gasteiger partial charge is 0.481 e. The van der Waals surface area contributed by atoms with Gasteiger partial charge < -0.3 is 4.74 Å². The van der Waals surface area contributed by atoms with Crippen molar-refractivity contribution in [1.29, 1.82) is 0 Å². The summed E-state index contributed by atoms with van der Waals surface area (Å²) in [6.45, 7) is 2.08. The molecule has 0 aliphatic rings. The maximum absolute atomic E-state index is 5.27. The van der Waals surface area contributed by atoms with Gasteiger partial charge in [-0.1, -0.05) is 28.1 Å². The molecule has 0 radical (unpaired) electrons. The summed E-state index contributed by atoms with van der Waals surface area (Å²) in [5.74, 6) is 0.656. The van der Waals surface area contributed by atoms with Crippen molar-refractivity contribution in [3.8, 4) is 17.0 Å². The number of hydrogen-bond donors (Lipinski definition) is 0. The Morgan fingerprint density at radius 3 is 2.62 bits per heavy atom. The number of pyridine rings is 1. The van der Waals surface area contributed by atoms with E-state index < -0.39 is 0 Å². The van der Waals surface area contributed by atoms with E-state index in [0.29, 0.717) is 5.88 Å². The number of methoxy groups -OCH3 is 1. The van der Waals surface area contributed by atoms with E-state index in [1.165, 1.54) is 5.56 Å². The van der Waals surface area contributed by atoms with Crippen LogP contribution >= 0.6 is 15.9 Å². The molecule has 16 heavy (non-hydrogen) atoms. The maximum Gasteiger partial charge on any atom is 0.221 e. The van der Waals surface area contributed by atoms with E-state index >= 15 is 0 Å². The zero-order chi connectivity index (χ0) is 11.5. The first kappa shape index (κ1) is 11.1. The summed E-state index contributed by atoms with van der Waals surface area (Å²) in [4.78, 5) is 4.21. The molecule has 0 saturated carbocycles. The Balaban J connectivity index is 2.63. The first-order valence-electron chi connectivity index (χ1n) is 4.98. The molecule has 0 spiro atoms. The van der Waals surface area contributed by atoms with Crippen LogP contribution in [-0.2, 0) is 0 Å². The first-order chi connectivity index (χ1) is 7.74. The van der Waals surface area contributed by atoms with Gasteiger partial charge in [0.15, 0.2) is 0 Å². The molecule has 0 N–H and O–H groups in total. The molecule has 1 aromatic carbocycles. The smallest absolute Gasteiger partial charge is 0.221 e. The highest BCUT2D eigenvalue weighted by atomic mass is 79.9. The number of nitrogens with zero attached hydrogens (tertiary/aromatic N) is 1. The molecule has 0 bridgehead atoms. The minimum atomic E-state index is 0.656. The van der Waals surface area contributed by atoms with Crippen molar-refractivity contribution < 1.29 is 4.74 Å². The number of ether oxygens (including phenoxy) is 1. The second-order valence-corrected chi connectivity index (χ2v) is 4.33. The average molecular weight is 278 g/mol. The zero-order valence-corrected chi connectivity index (χ0v) is 10.8. The highest BCUT2D eigenvalue weighted by Crippen LogP contribution is 2.33. The molecule has 0 aliphatic carbocycles. The second-order valence-electron chi connectivity index (χ2n) is 3.47. The molecule has 0 amide bonds. The fourth-order valence-corrected chi connectivity index (χ4v) is 2.02. The van der Waals surface area contributed by atoms with Crippen molar-refractivity contribution >= 4 is 15.9 Å². The predicted molar refractivity (Wildman–Crippen MR) is 68.7 cm³/mol. The molecule has 82 valence electrons. The highest BCUT2D eigenvalue weighted by Gasteiger charge is 2.09. The van der Waals surface area contributed by atoms with Crippen molar-refractivity contribution in [1.82, 2.24) is 4.98 Å². The molecule has 1 aromatic heterocycles. The summed E-state index contributed by atoms with van der Waals surface area (Å²) in [6.07, 6.45) is 1.73. The molecule has 0 saturated heterocycles. The summed E-state index contributed by atoms with van der Waals surface area (Å²) in [6, 6.07) is 10.0. The van der Waals surface area contributed by atoms with Crippen molar-refractivity contribution in [2.24, 2.45) is 0 Å². The standard InChI is InChI=1S/C13H12BrNO/c1-9-10(5-3-7-12(9)14)11-6-4-8-15-13(11)16-2/h3-8H,1-2H3. The predicted octanol–water partition coefficient (Wildman–Crippen LogP) is 3.83. The van der Waals surface area contributed by atoms with Gasteiger partial charge in [0.05, 0.1) is 7.11 Å². The van der Waals surface area contributed by atoms with Gasteiger partial charge in [0.1, 0.15) is 0 Å². The van der Waals surface area contributed by atoms with E-state index in [2.05, 4.69) is 33.9 Å². The van der Waals surface area contributed by atoms with Gasteiger partial charge in [-0.2, -0.15) is 0 Å². The minimum absolute atomic E-state index is 0.656. The zero-order valence-electron chi connectivity index (χ0n) is 9.20. The fraction of sp³-hybridized carbons (Fsp3) is 0.154. The summed E-state index contributed by atoms with van der Waals surface area (Å²) in [5, 5.41) is 0. The van der Waals surface area contributed by atoms with E-state index in [1.807, 2.05) is 24.3 Å². The van der Waals surface area contributed by atoms with E-state index in [4.69, 9.17) is 4.74 Å². The third-order valence-corrected chi connectivity index (χ3v) is 3.38.